The van der Waals surface area contributed by atoms with Gasteiger partial charge in [-0.2, -0.15) is 0 Å². The van der Waals surface area contributed by atoms with Crippen molar-refractivity contribution in [3.05, 3.63) is 47.0 Å². The van der Waals surface area contributed by atoms with Gasteiger partial charge in [0.15, 0.2) is 0 Å². The molecule has 2 aromatic rings. The molecule has 150 valence electrons. The maximum atomic E-state index is 12.5. The molecule has 2 aromatic carbocycles. The lowest BCUT2D eigenvalue weighted by Crippen LogP contribution is -2.14. The number of anilines is 2. The summed E-state index contributed by atoms with van der Waals surface area (Å²) in [7, 11) is 1.51. The second-order valence-electron chi connectivity index (χ2n) is 6.10. The third-order valence-electron chi connectivity index (χ3n) is 3.98. The molecule has 0 bridgehead atoms. The molecular weight excluding hydrogens is 380 g/mol. The number of rotatable bonds is 9. The van der Waals surface area contributed by atoms with Crippen molar-refractivity contribution in [3.63, 3.8) is 0 Å². The Labute approximate surface area is 170 Å². The fourth-order valence-electron chi connectivity index (χ4n) is 2.54. The topological polar surface area (TPSA) is 76.7 Å². The molecule has 0 atom stereocenters. The molecule has 7 heteroatoms. The number of ether oxygens (including phenoxy) is 2. The predicted octanol–water partition coefficient (Wildman–Crippen LogP) is 5.13. The fourth-order valence-corrected chi connectivity index (χ4v) is 2.78. The molecule has 0 aliphatic carbocycles. The van der Waals surface area contributed by atoms with Crippen molar-refractivity contribution >= 4 is 34.8 Å². The van der Waals surface area contributed by atoms with E-state index in [0.29, 0.717) is 46.5 Å². The summed E-state index contributed by atoms with van der Waals surface area (Å²) in [4.78, 5) is 24.4. The summed E-state index contributed by atoms with van der Waals surface area (Å²) >= 11 is 6.14. The second-order valence-corrected chi connectivity index (χ2v) is 6.51. The molecule has 0 aliphatic heterocycles. The first-order valence-electron chi connectivity index (χ1n) is 9.20. The number of unbranched alkanes of at least 4 members (excludes halogenated alkanes) is 1. The van der Waals surface area contributed by atoms with Gasteiger partial charge >= 0.3 is 0 Å². The van der Waals surface area contributed by atoms with Gasteiger partial charge in [-0.3, -0.25) is 9.59 Å². The molecule has 2 amide bonds. The van der Waals surface area contributed by atoms with Gasteiger partial charge in [0.05, 0.1) is 24.4 Å². The predicted molar refractivity (Wildman–Crippen MR) is 112 cm³/mol. The monoisotopic (exact) mass is 404 g/mol. The maximum absolute atomic E-state index is 12.5. The zero-order valence-electron chi connectivity index (χ0n) is 16.3. The minimum atomic E-state index is -0.313. The van der Waals surface area contributed by atoms with E-state index in [0.717, 1.165) is 12.8 Å². The number of carbonyl (C=O) groups is 2. The normalized spacial score (nSPS) is 10.3. The molecule has 0 aliphatic rings. The molecule has 2 N–H and O–H groups in total. The van der Waals surface area contributed by atoms with Crippen LogP contribution in [0.15, 0.2) is 36.4 Å². The minimum absolute atomic E-state index is 0.0686. The van der Waals surface area contributed by atoms with Crippen molar-refractivity contribution in [2.45, 2.75) is 33.1 Å². The van der Waals surface area contributed by atoms with Crippen LogP contribution in [0, 0.1) is 0 Å². The van der Waals surface area contributed by atoms with Crippen molar-refractivity contribution in [3.8, 4) is 11.5 Å². The van der Waals surface area contributed by atoms with Crippen molar-refractivity contribution in [2.75, 3.05) is 24.4 Å². The molecular formula is C21H25ClN2O4. The first-order chi connectivity index (χ1) is 13.5. The van der Waals surface area contributed by atoms with Crippen LogP contribution in [0.5, 0.6) is 11.5 Å². The molecule has 2 rings (SSSR count). The molecule has 0 fully saturated rings. The lowest BCUT2D eigenvalue weighted by atomic mass is 10.2. The number of amides is 2. The highest BCUT2D eigenvalue weighted by atomic mass is 35.5. The van der Waals surface area contributed by atoms with E-state index in [9.17, 15) is 9.59 Å². The number of methoxy groups -OCH3 is 1. The number of carbonyl (C=O) groups excluding carboxylic acids is 2. The Balaban J connectivity index is 2.10. The molecule has 0 heterocycles. The van der Waals surface area contributed by atoms with Crippen LogP contribution in [0.3, 0.4) is 0 Å². The van der Waals surface area contributed by atoms with E-state index < -0.39 is 0 Å². The molecule has 0 unspecified atom stereocenters. The Morgan fingerprint density at radius 1 is 1.04 bits per heavy atom. The Hall–Kier alpha value is -2.73. The summed E-state index contributed by atoms with van der Waals surface area (Å²) < 4.78 is 10.7. The molecule has 0 saturated carbocycles. The van der Waals surface area contributed by atoms with Gasteiger partial charge in [0.1, 0.15) is 11.5 Å². The summed E-state index contributed by atoms with van der Waals surface area (Å²) in [5, 5.41) is 5.99. The third-order valence-corrected chi connectivity index (χ3v) is 4.28. The fraction of sp³-hybridized carbons (Fsp3) is 0.333. The molecule has 0 spiro atoms. The van der Waals surface area contributed by atoms with Crippen LogP contribution in [-0.4, -0.2) is 25.5 Å². The van der Waals surface area contributed by atoms with Crippen LogP contribution in [0.4, 0.5) is 11.4 Å². The van der Waals surface area contributed by atoms with Crippen LogP contribution in [0.1, 0.15) is 43.5 Å². The second kappa shape index (κ2) is 10.6. The Morgan fingerprint density at radius 3 is 2.46 bits per heavy atom. The van der Waals surface area contributed by atoms with Crippen LogP contribution in [-0.2, 0) is 4.79 Å². The lowest BCUT2D eigenvalue weighted by molar-refractivity contribution is -0.116. The first-order valence-corrected chi connectivity index (χ1v) is 9.57. The van der Waals surface area contributed by atoms with E-state index in [1.807, 2.05) is 13.8 Å². The van der Waals surface area contributed by atoms with E-state index >= 15 is 0 Å². The maximum Gasteiger partial charge on any atom is 0.255 e. The van der Waals surface area contributed by atoms with Gasteiger partial charge in [-0.05, 0) is 43.7 Å². The quantitative estimate of drug-likeness (QED) is 0.607. The van der Waals surface area contributed by atoms with E-state index in [2.05, 4.69) is 10.6 Å². The van der Waals surface area contributed by atoms with Crippen LogP contribution in [0.25, 0.3) is 0 Å². The van der Waals surface area contributed by atoms with E-state index in [-0.39, 0.29) is 11.8 Å². The summed E-state index contributed by atoms with van der Waals surface area (Å²) in [6.07, 6.45) is 2.23. The summed E-state index contributed by atoms with van der Waals surface area (Å²) in [5.74, 6) is 0.616. The van der Waals surface area contributed by atoms with Gasteiger partial charge in [0, 0.05) is 23.7 Å². The number of benzene rings is 2. The van der Waals surface area contributed by atoms with E-state index in [4.69, 9.17) is 21.1 Å². The zero-order valence-corrected chi connectivity index (χ0v) is 17.1. The standard InChI is InChI=1S/C21H25ClN2O4/c1-4-6-7-20(25)24-17-10-9-15(13-19(17)27-3)23-21(26)14-8-11-18(28-5-2)16(22)12-14/h8-13H,4-7H2,1-3H3,(H,23,26)(H,24,25). The van der Waals surface area contributed by atoms with Crippen molar-refractivity contribution in [1.82, 2.24) is 0 Å². The number of nitrogens with one attached hydrogen (secondary N) is 2. The van der Waals surface area contributed by atoms with Gasteiger partial charge in [-0.15, -0.1) is 0 Å². The highest BCUT2D eigenvalue weighted by Gasteiger charge is 2.12. The summed E-state index contributed by atoms with van der Waals surface area (Å²) in [6, 6.07) is 9.92. The van der Waals surface area contributed by atoms with Crippen LogP contribution >= 0.6 is 11.6 Å². The summed E-state index contributed by atoms with van der Waals surface area (Å²) in [5.41, 5.74) is 1.51. The lowest BCUT2D eigenvalue weighted by Gasteiger charge is -2.13. The molecule has 6 nitrogen and oxygen atoms in total. The van der Waals surface area contributed by atoms with E-state index in [1.54, 1.807) is 36.4 Å². The van der Waals surface area contributed by atoms with Crippen LogP contribution in [0.2, 0.25) is 5.02 Å². The minimum Gasteiger partial charge on any atom is -0.494 e. The Morgan fingerprint density at radius 2 is 1.82 bits per heavy atom. The van der Waals surface area contributed by atoms with Gasteiger partial charge < -0.3 is 20.1 Å². The average Bonchev–Trinajstić information content (AvgIpc) is 2.69. The summed E-state index contributed by atoms with van der Waals surface area (Å²) in [6.45, 7) is 4.38. The molecule has 0 saturated heterocycles. The average molecular weight is 405 g/mol. The zero-order chi connectivity index (χ0) is 20.5. The van der Waals surface area contributed by atoms with E-state index in [1.165, 1.54) is 7.11 Å². The van der Waals surface area contributed by atoms with Gasteiger partial charge in [0.25, 0.3) is 5.91 Å². The highest BCUT2D eigenvalue weighted by molar-refractivity contribution is 6.32. The number of halogens is 1. The molecule has 28 heavy (non-hydrogen) atoms. The van der Waals surface area contributed by atoms with Crippen molar-refractivity contribution in [2.24, 2.45) is 0 Å². The van der Waals surface area contributed by atoms with Crippen molar-refractivity contribution < 1.29 is 19.1 Å². The number of hydrogen-bond acceptors (Lipinski definition) is 4. The number of hydrogen-bond donors (Lipinski definition) is 2. The van der Waals surface area contributed by atoms with Gasteiger partial charge in [0.2, 0.25) is 5.91 Å². The molecule has 0 radical (unpaired) electrons. The van der Waals surface area contributed by atoms with Crippen molar-refractivity contribution in [1.29, 1.82) is 0 Å². The largest absolute Gasteiger partial charge is 0.494 e. The third kappa shape index (κ3) is 5.89. The SMILES string of the molecule is CCCCC(=O)Nc1ccc(NC(=O)c2ccc(OCC)c(Cl)c2)cc1OC. The van der Waals surface area contributed by atoms with Crippen LogP contribution < -0.4 is 20.1 Å². The first kappa shape index (κ1) is 21.6. The van der Waals surface area contributed by atoms with Gasteiger partial charge in [-0.1, -0.05) is 24.9 Å². The Kier molecular flexibility index (Phi) is 8.14. The van der Waals surface area contributed by atoms with Gasteiger partial charge in [-0.25, -0.2) is 0 Å². The highest BCUT2D eigenvalue weighted by Crippen LogP contribution is 2.29. The smallest absolute Gasteiger partial charge is 0.255 e. The Bertz CT molecular complexity index is 839. The molecule has 0 aromatic heterocycles.